The largest absolute Gasteiger partial charge is 0.324 e. The van der Waals surface area contributed by atoms with E-state index in [0.717, 1.165) is 25.4 Å². The van der Waals surface area contributed by atoms with E-state index in [2.05, 4.69) is 5.32 Å². The zero-order chi connectivity index (χ0) is 14.8. The normalized spacial score (nSPS) is 25.3. The summed E-state index contributed by atoms with van der Waals surface area (Å²) in [4.78, 5) is 14.3. The Balaban J connectivity index is 1.61. The van der Waals surface area contributed by atoms with E-state index in [1.54, 1.807) is 18.2 Å². The number of carbonyl (C=O) groups is 1. The van der Waals surface area contributed by atoms with Crippen LogP contribution in [0.1, 0.15) is 32.1 Å². The zero-order valence-corrected chi connectivity index (χ0v) is 13.5. The molecule has 0 bridgehead atoms. The third-order valence-electron chi connectivity index (χ3n) is 4.75. The van der Waals surface area contributed by atoms with Gasteiger partial charge < -0.3 is 10.2 Å². The van der Waals surface area contributed by atoms with E-state index < -0.39 is 0 Å². The van der Waals surface area contributed by atoms with Crippen LogP contribution in [0.25, 0.3) is 0 Å². The van der Waals surface area contributed by atoms with Crippen LogP contribution in [0.15, 0.2) is 18.2 Å². The highest BCUT2D eigenvalue weighted by atomic mass is 35.5. The Morgan fingerprint density at radius 2 is 1.86 bits per heavy atom. The molecule has 0 aromatic heterocycles. The topological polar surface area (TPSA) is 32.3 Å². The number of anilines is 1. The van der Waals surface area contributed by atoms with E-state index >= 15 is 0 Å². The molecule has 1 heterocycles. The molecule has 1 saturated heterocycles. The highest BCUT2D eigenvalue weighted by Crippen LogP contribution is 2.36. The van der Waals surface area contributed by atoms with Crippen LogP contribution in [0.3, 0.4) is 0 Å². The lowest BCUT2D eigenvalue weighted by Gasteiger charge is -2.41. The molecule has 0 spiro atoms. The summed E-state index contributed by atoms with van der Waals surface area (Å²) >= 11 is 11.9. The van der Waals surface area contributed by atoms with Gasteiger partial charge in [-0.1, -0.05) is 42.5 Å². The molecule has 0 unspecified atom stereocenters. The molecule has 2 amide bonds. The number of nitrogens with one attached hydrogen (secondary N) is 1. The van der Waals surface area contributed by atoms with Gasteiger partial charge in [0, 0.05) is 18.8 Å². The van der Waals surface area contributed by atoms with Crippen LogP contribution >= 0.6 is 23.2 Å². The Bertz CT molecular complexity index is 535. The average molecular weight is 327 g/mol. The Labute approximate surface area is 135 Å². The van der Waals surface area contributed by atoms with Crippen molar-refractivity contribution in [2.45, 2.75) is 32.1 Å². The number of rotatable bonds is 1. The summed E-state index contributed by atoms with van der Waals surface area (Å²) < 4.78 is 0. The summed E-state index contributed by atoms with van der Waals surface area (Å²) in [5.41, 5.74) is 0.695. The van der Waals surface area contributed by atoms with Crippen molar-refractivity contribution in [3.05, 3.63) is 28.2 Å². The van der Waals surface area contributed by atoms with Gasteiger partial charge in [0.25, 0.3) is 0 Å². The summed E-state index contributed by atoms with van der Waals surface area (Å²) in [7, 11) is 0. The monoisotopic (exact) mass is 326 g/mol. The molecule has 1 N–H and O–H groups in total. The van der Waals surface area contributed by atoms with Gasteiger partial charge in [-0.3, -0.25) is 0 Å². The van der Waals surface area contributed by atoms with Crippen molar-refractivity contribution in [2.24, 2.45) is 11.8 Å². The standard InChI is InChI=1S/C16H20Cl2N2O/c17-14-6-5-13(9-15(14)18)19-16(21)20-8-7-11-3-1-2-4-12(11)10-20/h5-6,9,11-12H,1-4,7-8,10H2,(H,19,21)/t11-,12+/m0/s1. The van der Waals surface area contributed by atoms with Gasteiger partial charge in [-0.25, -0.2) is 4.79 Å². The van der Waals surface area contributed by atoms with Crippen molar-refractivity contribution >= 4 is 34.9 Å². The van der Waals surface area contributed by atoms with E-state index in [4.69, 9.17) is 23.2 Å². The molecule has 0 radical (unpaired) electrons. The predicted molar refractivity (Wildman–Crippen MR) is 87.1 cm³/mol. The van der Waals surface area contributed by atoms with E-state index in [1.807, 2.05) is 4.90 Å². The Kier molecular flexibility index (Phi) is 4.60. The number of piperidine rings is 1. The predicted octanol–water partition coefficient (Wildman–Crippen LogP) is 5.04. The lowest BCUT2D eigenvalue weighted by molar-refractivity contribution is 0.108. The minimum absolute atomic E-state index is 0.0302. The van der Waals surface area contributed by atoms with Gasteiger partial charge in [0.1, 0.15) is 0 Å². The minimum Gasteiger partial charge on any atom is -0.324 e. The first kappa shape index (κ1) is 15.0. The van der Waals surface area contributed by atoms with E-state index in [1.165, 1.54) is 25.7 Å². The highest BCUT2D eigenvalue weighted by Gasteiger charge is 2.32. The van der Waals surface area contributed by atoms with E-state index in [9.17, 15) is 4.79 Å². The number of fused-ring (bicyclic) bond motifs is 1. The van der Waals surface area contributed by atoms with Crippen molar-refractivity contribution in [2.75, 3.05) is 18.4 Å². The van der Waals surface area contributed by atoms with Crippen LogP contribution < -0.4 is 5.32 Å². The fourth-order valence-corrected chi connectivity index (χ4v) is 3.86. The summed E-state index contributed by atoms with van der Waals surface area (Å²) in [5.74, 6) is 1.51. The second kappa shape index (κ2) is 6.45. The first-order valence-electron chi connectivity index (χ1n) is 7.64. The van der Waals surface area contributed by atoms with Crippen LogP contribution in [0, 0.1) is 11.8 Å². The van der Waals surface area contributed by atoms with E-state index in [0.29, 0.717) is 21.7 Å². The Morgan fingerprint density at radius 1 is 1.10 bits per heavy atom. The molecule has 1 saturated carbocycles. The van der Waals surface area contributed by atoms with Gasteiger partial charge in [0.05, 0.1) is 10.0 Å². The molecule has 2 aliphatic rings. The van der Waals surface area contributed by atoms with Crippen LogP contribution in [0.5, 0.6) is 0 Å². The average Bonchev–Trinajstić information content (AvgIpc) is 2.50. The smallest absolute Gasteiger partial charge is 0.321 e. The summed E-state index contributed by atoms with van der Waals surface area (Å²) in [6.07, 6.45) is 6.41. The minimum atomic E-state index is -0.0302. The number of hydrogen-bond acceptors (Lipinski definition) is 1. The van der Waals surface area contributed by atoms with Gasteiger partial charge in [-0.2, -0.15) is 0 Å². The van der Waals surface area contributed by atoms with Gasteiger partial charge in [-0.05, 0) is 42.9 Å². The second-order valence-electron chi connectivity index (χ2n) is 6.10. The van der Waals surface area contributed by atoms with Gasteiger partial charge in [0.2, 0.25) is 0 Å². The number of carbonyl (C=O) groups excluding carboxylic acids is 1. The first-order chi connectivity index (χ1) is 10.1. The Hall–Kier alpha value is -0.930. The van der Waals surface area contributed by atoms with Crippen LogP contribution in [-0.4, -0.2) is 24.0 Å². The third-order valence-corrected chi connectivity index (χ3v) is 5.49. The molecule has 21 heavy (non-hydrogen) atoms. The lowest BCUT2D eigenvalue weighted by atomic mass is 9.75. The molecule has 3 rings (SSSR count). The molecule has 1 aromatic rings. The fourth-order valence-electron chi connectivity index (χ4n) is 3.56. The number of likely N-dealkylation sites (tertiary alicyclic amines) is 1. The molecule has 114 valence electrons. The summed E-state index contributed by atoms with van der Waals surface area (Å²) in [6.45, 7) is 1.74. The molecule has 1 aliphatic heterocycles. The number of halogens is 2. The molecule has 1 aromatic carbocycles. The van der Waals surface area contributed by atoms with Crippen molar-refractivity contribution in [1.29, 1.82) is 0 Å². The molecular weight excluding hydrogens is 307 g/mol. The fraction of sp³-hybridized carbons (Fsp3) is 0.562. The summed E-state index contributed by atoms with van der Waals surface area (Å²) in [6, 6.07) is 5.14. The van der Waals surface area contributed by atoms with Crippen molar-refractivity contribution in [3.8, 4) is 0 Å². The maximum atomic E-state index is 12.4. The Morgan fingerprint density at radius 3 is 2.62 bits per heavy atom. The zero-order valence-electron chi connectivity index (χ0n) is 11.9. The van der Waals surface area contributed by atoms with Crippen LogP contribution in [0.2, 0.25) is 10.0 Å². The number of nitrogens with zero attached hydrogens (tertiary/aromatic N) is 1. The molecular formula is C16H20Cl2N2O. The maximum Gasteiger partial charge on any atom is 0.321 e. The second-order valence-corrected chi connectivity index (χ2v) is 6.91. The van der Waals surface area contributed by atoms with E-state index in [-0.39, 0.29) is 6.03 Å². The molecule has 3 nitrogen and oxygen atoms in total. The molecule has 1 aliphatic carbocycles. The molecule has 2 atom stereocenters. The van der Waals surface area contributed by atoms with Gasteiger partial charge >= 0.3 is 6.03 Å². The van der Waals surface area contributed by atoms with Crippen molar-refractivity contribution < 1.29 is 4.79 Å². The SMILES string of the molecule is O=C(Nc1ccc(Cl)c(Cl)c1)N1CC[C@@H]2CCCC[C@@H]2C1. The van der Waals surface area contributed by atoms with Crippen molar-refractivity contribution in [1.82, 2.24) is 4.90 Å². The number of urea groups is 1. The molecule has 2 fully saturated rings. The molecule has 5 heteroatoms. The van der Waals surface area contributed by atoms with Gasteiger partial charge in [-0.15, -0.1) is 0 Å². The highest BCUT2D eigenvalue weighted by molar-refractivity contribution is 6.42. The van der Waals surface area contributed by atoms with Crippen LogP contribution in [0.4, 0.5) is 10.5 Å². The number of hydrogen-bond donors (Lipinski definition) is 1. The quantitative estimate of drug-likeness (QED) is 0.770. The number of benzene rings is 1. The third kappa shape index (κ3) is 3.46. The lowest BCUT2D eigenvalue weighted by Crippen LogP contribution is -2.46. The van der Waals surface area contributed by atoms with Crippen molar-refractivity contribution in [3.63, 3.8) is 0 Å². The summed E-state index contributed by atoms with van der Waals surface area (Å²) in [5, 5.41) is 3.88. The maximum absolute atomic E-state index is 12.4. The van der Waals surface area contributed by atoms with Crippen LogP contribution in [-0.2, 0) is 0 Å². The van der Waals surface area contributed by atoms with Gasteiger partial charge in [0.15, 0.2) is 0 Å². The number of amides is 2. The first-order valence-corrected chi connectivity index (χ1v) is 8.40.